The van der Waals surface area contributed by atoms with Crippen LogP contribution in [0, 0.1) is 28.6 Å². The van der Waals surface area contributed by atoms with Crippen LogP contribution in [0.2, 0.25) is 0 Å². The first kappa shape index (κ1) is 20.0. The molecule has 4 saturated carbocycles. The molecule has 7 nitrogen and oxygen atoms in total. The maximum atomic E-state index is 11.7. The summed E-state index contributed by atoms with van der Waals surface area (Å²) in [7, 11) is 0. The van der Waals surface area contributed by atoms with Crippen LogP contribution in [0.5, 0.6) is 0 Å². The van der Waals surface area contributed by atoms with Gasteiger partial charge >= 0.3 is 0 Å². The first-order valence-electron chi connectivity index (χ1n) is 10.1. The van der Waals surface area contributed by atoms with E-state index >= 15 is 0 Å². The smallest absolute Gasteiger partial charge is 0.110 e. The number of hydrogen-bond donors (Lipinski definition) is 7. The molecule has 0 amide bonds. The molecule has 0 aromatic rings. The zero-order chi connectivity index (χ0) is 20.4. The lowest BCUT2D eigenvalue weighted by molar-refractivity contribution is -0.220. The summed E-state index contributed by atoms with van der Waals surface area (Å²) >= 11 is 0. The fourth-order valence-corrected chi connectivity index (χ4v) is 7.77. The summed E-state index contributed by atoms with van der Waals surface area (Å²) in [6, 6.07) is 0. The zero-order valence-electron chi connectivity index (χ0n) is 16.5. The molecule has 2 bridgehead atoms. The molecule has 4 aliphatic carbocycles. The van der Waals surface area contributed by atoms with Gasteiger partial charge in [0, 0.05) is 22.7 Å². The molecule has 11 atom stereocenters. The minimum Gasteiger partial charge on any atom is -0.392 e. The molecule has 7 N–H and O–H groups in total. The topological polar surface area (TPSA) is 142 Å². The molecule has 4 rings (SSSR count). The Kier molecular flexibility index (Phi) is 3.89. The average Bonchev–Trinajstić information content (AvgIpc) is 2.79. The Bertz CT molecular complexity index is 646. The highest BCUT2D eigenvalue weighted by Crippen LogP contribution is 2.69. The van der Waals surface area contributed by atoms with Crippen LogP contribution in [-0.4, -0.2) is 77.0 Å². The molecule has 7 heteroatoms. The molecule has 4 fully saturated rings. The zero-order valence-corrected chi connectivity index (χ0v) is 16.5. The Morgan fingerprint density at radius 1 is 0.741 bits per heavy atom. The first-order chi connectivity index (χ1) is 12.2. The van der Waals surface area contributed by atoms with Gasteiger partial charge < -0.3 is 35.7 Å². The first-order valence-corrected chi connectivity index (χ1v) is 10.1. The quantitative estimate of drug-likeness (QED) is 0.287. The van der Waals surface area contributed by atoms with Gasteiger partial charge in [0.2, 0.25) is 0 Å². The van der Waals surface area contributed by atoms with Crippen molar-refractivity contribution in [2.75, 3.05) is 0 Å². The molecule has 27 heavy (non-hydrogen) atoms. The predicted molar refractivity (Wildman–Crippen MR) is 95.4 cm³/mol. The third-order valence-electron chi connectivity index (χ3n) is 9.38. The van der Waals surface area contributed by atoms with E-state index in [1.54, 1.807) is 27.7 Å². The van der Waals surface area contributed by atoms with Gasteiger partial charge in [0.1, 0.15) is 11.7 Å². The average molecular weight is 386 g/mol. The molecule has 0 radical (unpaired) electrons. The summed E-state index contributed by atoms with van der Waals surface area (Å²) in [6.07, 6.45) is -4.21. The van der Waals surface area contributed by atoms with Gasteiger partial charge in [-0.3, -0.25) is 0 Å². The van der Waals surface area contributed by atoms with E-state index in [0.29, 0.717) is 12.8 Å². The molecule has 0 unspecified atom stereocenters. The van der Waals surface area contributed by atoms with E-state index in [1.165, 1.54) is 0 Å². The van der Waals surface area contributed by atoms with Gasteiger partial charge in [-0.1, -0.05) is 13.8 Å². The number of fused-ring (bicyclic) bond motifs is 2. The fraction of sp³-hybridized carbons (Fsp3) is 1.00. The van der Waals surface area contributed by atoms with Gasteiger partial charge in [-0.15, -0.1) is 0 Å². The Morgan fingerprint density at radius 3 is 1.93 bits per heavy atom. The van der Waals surface area contributed by atoms with Crippen molar-refractivity contribution in [3.05, 3.63) is 0 Å². The summed E-state index contributed by atoms with van der Waals surface area (Å²) in [5.41, 5.74) is -7.21. The molecule has 0 aromatic heterocycles. The SMILES string of the molecule is CC1(C)[C@@H](O)C[C@H]2[C@](C)(O)[C@@H]3CC[C@@H]4[C@@H](O)[C@]3(C[C@@]4(C)O)[C@H](O)[C@@H](O)[C@@]21O. The van der Waals surface area contributed by atoms with Crippen molar-refractivity contribution in [1.29, 1.82) is 0 Å². The van der Waals surface area contributed by atoms with Crippen LogP contribution < -0.4 is 0 Å². The van der Waals surface area contributed by atoms with Crippen LogP contribution in [0.1, 0.15) is 53.4 Å². The van der Waals surface area contributed by atoms with Crippen LogP contribution in [0.15, 0.2) is 0 Å². The second kappa shape index (κ2) is 5.25. The molecule has 0 aliphatic heterocycles. The van der Waals surface area contributed by atoms with Gasteiger partial charge in [0.15, 0.2) is 0 Å². The van der Waals surface area contributed by atoms with Crippen molar-refractivity contribution in [3.8, 4) is 0 Å². The van der Waals surface area contributed by atoms with Gasteiger partial charge in [0.05, 0.1) is 29.5 Å². The largest absolute Gasteiger partial charge is 0.392 e. The van der Waals surface area contributed by atoms with Gasteiger partial charge in [-0.05, 0) is 45.4 Å². The van der Waals surface area contributed by atoms with Gasteiger partial charge in [-0.25, -0.2) is 0 Å². The van der Waals surface area contributed by atoms with Crippen molar-refractivity contribution in [3.63, 3.8) is 0 Å². The number of aliphatic hydroxyl groups excluding tert-OH is 4. The lowest BCUT2D eigenvalue weighted by Crippen LogP contribution is -2.63. The summed E-state index contributed by atoms with van der Waals surface area (Å²) in [5, 5.41) is 78.5. The molecule has 0 heterocycles. The standard InChI is InChI=1S/C20H34O7/c1-16(2)12(21)7-11-18(4,26)10-6-5-9-13(22)19(10,8-17(9,3)25)14(23)15(24)20(11,16)27/h9-15,21-27H,5-8H2,1-4H3/t9-,10+,11+,12+,13-,14-,15-,17-,18-,19-,20+/m1/s1. The molecular formula is C20H34O7. The van der Waals surface area contributed by atoms with E-state index in [2.05, 4.69) is 0 Å². The third kappa shape index (κ3) is 1.97. The summed E-state index contributed by atoms with van der Waals surface area (Å²) in [5.74, 6) is -1.97. The normalized spacial score (nSPS) is 64.8. The number of aliphatic hydroxyl groups is 7. The fourth-order valence-electron chi connectivity index (χ4n) is 7.77. The maximum absolute atomic E-state index is 11.7. The molecule has 0 aromatic carbocycles. The Balaban J connectivity index is 1.95. The minimum absolute atomic E-state index is 0.0384. The van der Waals surface area contributed by atoms with Crippen LogP contribution in [0.25, 0.3) is 0 Å². The van der Waals surface area contributed by atoms with Crippen molar-refractivity contribution in [1.82, 2.24) is 0 Å². The van der Waals surface area contributed by atoms with E-state index in [-0.39, 0.29) is 12.8 Å². The highest BCUT2D eigenvalue weighted by atomic mass is 16.4. The lowest BCUT2D eigenvalue weighted by Gasteiger charge is -2.52. The Labute approximate surface area is 159 Å². The van der Waals surface area contributed by atoms with Crippen molar-refractivity contribution >= 4 is 0 Å². The minimum atomic E-state index is -1.94. The van der Waals surface area contributed by atoms with Crippen molar-refractivity contribution < 1.29 is 35.7 Å². The Hall–Kier alpha value is -0.280. The highest BCUT2D eigenvalue weighted by molar-refractivity contribution is 5.28. The second-order valence-corrected chi connectivity index (χ2v) is 10.8. The van der Waals surface area contributed by atoms with E-state index in [1.807, 2.05) is 0 Å². The predicted octanol–water partition coefficient (Wildman–Crippen LogP) is -0.861. The molecule has 156 valence electrons. The van der Waals surface area contributed by atoms with Crippen LogP contribution in [-0.2, 0) is 0 Å². The number of rotatable bonds is 0. The Morgan fingerprint density at radius 2 is 1.33 bits per heavy atom. The molecule has 0 saturated heterocycles. The van der Waals surface area contributed by atoms with Crippen molar-refractivity contribution in [2.45, 2.75) is 94.6 Å². The van der Waals surface area contributed by atoms with E-state index < -0.39 is 69.8 Å². The molecular weight excluding hydrogens is 352 g/mol. The van der Waals surface area contributed by atoms with Crippen LogP contribution >= 0.6 is 0 Å². The van der Waals surface area contributed by atoms with E-state index in [9.17, 15) is 35.7 Å². The monoisotopic (exact) mass is 386 g/mol. The van der Waals surface area contributed by atoms with Gasteiger partial charge in [0.25, 0.3) is 0 Å². The summed E-state index contributed by atoms with van der Waals surface area (Å²) in [6.45, 7) is 6.45. The molecule has 4 aliphatic rings. The third-order valence-corrected chi connectivity index (χ3v) is 9.38. The van der Waals surface area contributed by atoms with Crippen molar-refractivity contribution in [2.24, 2.45) is 28.6 Å². The maximum Gasteiger partial charge on any atom is 0.110 e. The van der Waals surface area contributed by atoms with Crippen LogP contribution in [0.3, 0.4) is 0 Å². The van der Waals surface area contributed by atoms with E-state index in [4.69, 9.17) is 0 Å². The summed E-state index contributed by atoms with van der Waals surface area (Å²) < 4.78 is 0. The van der Waals surface area contributed by atoms with E-state index in [0.717, 1.165) is 0 Å². The molecule has 1 spiro atoms. The highest BCUT2D eigenvalue weighted by Gasteiger charge is 2.79. The second-order valence-electron chi connectivity index (χ2n) is 10.8. The number of hydrogen-bond acceptors (Lipinski definition) is 7. The van der Waals surface area contributed by atoms with Crippen LogP contribution in [0.4, 0.5) is 0 Å². The van der Waals surface area contributed by atoms with Gasteiger partial charge in [-0.2, -0.15) is 0 Å². The summed E-state index contributed by atoms with van der Waals surface area (Å²) in [4.78, 5) is 0. The lowest BCUT2D eigenvalue weighted by atomic mass is 9.56.